The van der Waals surface area contributed by atoms with Crippen molar-refractivity contribution in [1.29, 1.82) is 0 Å². The van der Waals surface area contributed by atoms with Gasteiger partial charge in [-0.05, 0) is 12.1 Å². The lowest BCUT2D eigenvalue weighted by molar-refractivity contribution is -0.133. The van der Waals surface area contributed by atoms with Crippen LogP contribution in [-0.4, -0.2) is 51.3 Å². The van der Waals surface area contributed by atoms with Gasteiger partial charge >= 0.3 is 0 Å². The van der Waals surface area contributed by atoms with Gasteiger partial charge in [-0.15, -0.1) is 11.3 Å². The standard InChI is InChI=1S/C25H22N4O3S/c30-22-15-17(26-25-29(22)13-14-33-25)16-27-9-11-28(12-10-27)24(31)23-18-5-1-3-7-20(18)32-21-8-4-2-6-19(21)23/h1-8,13-15,23H,9-12,16H2. The average Bonchev–Trinajstić information content (AvgIpc) is 3.32. The highest BCUT2D eigenvalue weighted by Crippen LogP contribution is 2.44. The molecule has 0 aliphatic carbocycles. The Labute approximate surface area is 194 Å². The Kier molecular flexibility index (Phi) is 4.96. The first-order valence-corrected chi connectivity index (χ1v) is 11.9. The molecule has 2 aliphatic rings. The normalized spacial score (nSPS) is 16.3. The highest BCUT2D eigenvalue weighted by molar-refractivity contribution is 7.15. The lowest BCUT2D eigenvalue weighted by Gasteiger charge is -2.37. The number of thiazole rings is 1. The van der Waals surface area contributed by atoms with Crippen molar-refractivity contribution >= 4 is 22.2 Å². The predicted octanol–water partition coefficient (Wildman–Crippen LogP) is 3.34. The highest BCUT2D eigenvalue weighted by atomic mass is 32.1. The molecule has 0 atom stereocenters. The number of fused-ring (bicyclic) bond motifs is 3. The molecule has 2 aliphatic heterocycles. The summed E-state index contributed by atoms with van der Waals surface area (Å²) in [6.07, 6.45) is 1.75. The molecule has 2 aromatic carbocycles. The number of carbonyl (C=O) groups excluding carboxylic acids is 1. The lowest BCUT2D eigenvalue weighted by atomic mass is 9.86. The van der Waals surface area contributed by atoms with Crippen molar-refractivity contribution in [2.75, 3.05) is 26.2 Å². The van der Waals surface area contributed by atoms with E-state index in [-0.39, 0.29) is 17.4 Å². The van der Waals surface area contributed by atoms with Crippen molar-refractivity contribution in [3.8, 4) is 11.5 Å². The van der Waals surface area contributed by atoms with E-state index < -0.39 is 0 Å². The molecule has 33 heavy (non-hydrogen) atoms. The van der Waals surface area contributed by atoms with E-state index in [2.05, 4.69) is 9.88 Å². The molecular formula is C25H22N4O3S. The van der Waals surface area contributed by atoms with Crippen LogP contribution in [0.1, 0.15) is 22.7 Å². The zero-order valence-electron chi connectivity index (χ0n) is 17.9. The van der Waals surface area contributed by atoms with Gasteiger partial charge in [0.05, 0.1) is 11.6 Å². The van der Waals surface area contributed by atoms with Crippen LogP contribution in [0.4, 0.5) is 0 Å². The molecule has 0 radical (unpaired) electrons. The maximum absolute atomic E-state index is 13.7. The van der Waals surface area contributed by atoms with Gasteiger partial charge in [0.25, 0.3) is 5.56 Å². The van der Waals surface area contributed by atoms with E-state index in [1.54, 1.807) is 16.7 Å². The second-order valence-corrected chi connectivity index (χ2v) is 9.23. The summed E-state index contributed by atoms with van der Waals surface area (Å²) in [6, 6.07) is 17.2. The van der Waals surface area contributed by atoms with Crippen molar-refractivity contribution in [1.82, 2.24) is 19.2 Å². The number of aromatic nitrogens is 2. The summed E-state index contributed by atoms with van der Waals surface area (Å²) in [4.78, 5) is 35.5. The smallest absolute Gasteiger partial charge is 0.258 e. The topological polar surface area (TPSA) is 67.2 Å². The van der Waals surface area contributed by atoms with Crippen molar-refractivity contribution < 1.29 is 9.53 Å². The Balaban J connectivity index is 1.19. The molecule has 4 aromatic rings. The van der Waals surface area contributed by atoms with Gasteiger partial charge < -0.3 is 9.64 Å². The number of para-hydroxylation sites is 2. The third-order valence-corrected chi connectivity index (χ3v) is 7.11. The van der Waals surface area contributed by atoms with E-state index in [1.807, 2.05) is 58.8 Å². The first-order valence-electron chi connectivity index (χ1n) is 11.0. The maximum Gasteiger partial charge on any atom is 0.258 e. The fourth-order valence-corrected chi connectivity index (χ4v) is 5.42. The zero-order valence-corrected chi connectivity index (χ0v) is 18.7. The quantitative estimate of drug-likeness (QED) is 0.471. The number of piperazine rings is 1. The van der Waals surface area contributed by atoms with Crippen LogP contribution >= 0.6 is 11.3 Å². The molecule has 166 valence electrons. The summed E-state index contributed by atoms with van der Waals surface area (Å²) in [7, 11) is 0. The number of hydrogen-bond donors (Lipinski definition) is 0. The maximum atomic E-state index is 13.7. The summed E-state index contributed by atoms with van der Waals surface area (Å²) in [5.74, 6) is 1.24. The molecule has 0 N–H and O–H groups in total. The van der Waals surface area contributed by atoms with Crippen LogP contribution in [0, 0.1) is 0 Å². The molecule has 0 saturated carbocycles. The summed E-state index contributed by atoms with van der Waals surface area (Å²) in [6.45, 7) is 3.36. The molecule has 4 heterocycles. The summed E-state index contributed by atoms with van der Waals surface area (Å²) < 4.78 is 7.61. The van der Waals surface area contributed by atoms with Gasteiger partial charge in [0.2, 0.25) is 5.91 Å². The Morgan fingerprint density at radius 1 is 1.00 bits per heavy atom. The van der Waals surface area contributed by atoms with Gasteiger partial charge in [-0.2, -0.15) is 0 Å². The number of nitrogens with zero attached hydrogens (tertiary/aromatic N) is 4. The third-order valence-electron chi connectivity index (χ3n) is 6.35. The second kappa shape index (κ2) is 8.13. The van der Waals surface area contributed by atoms with E-state index in [0.717, 1.165) is 41.4 Å². The van der Waals surface area contributed by atoms with Crippen LogP contribution in [0.2, 0.25) is 0 Å². The zero-order chi connectivity index (χ0) is 22.4. The summed E-state index contributed by atoms with van der Waals surface area (Å²) >= 11 is 1.46. The van der Waals surface area contributed by atoms with E-state index in [4.69, 9.17) is 4.74 Å². The van der Waals surface area contributed by atoms with E-state index in [1.165, 1.54) is 11.3 Å². The van der Waals surface area contributed by atoms with Gasteiger partial charge in [-0.3, -0.25) is 18.9 Å². The lowest BCUT2D eigenvalue weighted by Crippen LogP contribution is -2.50. The molecule has 0 spiro atoms. The molecule has 1 fully saturated rings. The van der Waals surface area contributed by atoms with Gasteiger partial charge in [0.1, 0.15) is 11.5 Å². The van der Waals surface area contributed by atoms with Crippen molar-refractivity contribution in [3.63, 3.8) is 0 Å². The van der Waals surface area contributed by atoms with E-state index in [0.29, 0.717) is 24.6 Å². The van der Waals surface area contributed by atoms with Crippen LogP contribution in [0.15, 0.2) is 71.0 Å². The van der Waals surface area contributed by atoms with E-state index >= 15 is 0 Å². The predicted molar refractivity (Wildman–Crippen MR) is 126 cm³/mol. The molecule has 8 heteroatoms. The van der Waals surface area contributed by atoms with Gasteiger partial charge in [-0.25, -0.2) is 4.98 Å². The van der Waals surface area contributed by atoms with Crippen molar-refractivity contribution in [2.24, 2.45) is 0 Å². The Morgan fingerprint density at radius 3 is 2.36 bits per heavy atom. The minimum Gasteiger partial charge on any atom is -0.457 e. The van der Waals surface area contributed by atoms with Crippen molar-refractivity contribution in [2.45, 2.75) is 12.5 Å². The number of ether oxygens (including phenoxy) is 1. The van der Waals surface area contributed by atoms with Gasteiger partial charge in [0, 0.05) is 61.5 Å². The van der Waals surface area contributed by atoms with Crippen molar-refractivity contribution in [3.05, 3.63) is 93.3 Å². The Bertz CT molecular complexity index is 1360. The van der Waals surface area contributed by atoms with Crippen LogP contribution in [0.5, 0.6) is 11.5 Å². The first kappa shape index (κ1) is 20.1. The minimum atomic E-state index is -0.361. The number of hydrogen-bond acceptors (Lipinski definition) is 6. The number of carbonyl (C=O) groups is 1. The number of amides is 1. The van der Waals surface area contributed by atoms with Gasteiger partial charge in [-0.1, -0.05) is 36.4 Å². The third kappa shape index (κ3) is 3.61. The molecule has 7 nitrogen and oxygen atoms in total. The molecule has 6 rings (SSSR count). The SMILES string of the molecule is O=C(C1c2ccccc2Oc2ccccc21)N1CCN(Cc2cc(=O)n3ccsc3n2)CC1. The second-order valence-electron chi connectivity index (χ2n) is 8.35. The van der Waals surface area contributed by atoms with Crippen LogP contribution in [0.3, 0.4) is 0 Å². The van der Waals surface area contributed by atoms with Crippen LogP contribution < -0.4 is 10.3 Å². The van der Waals surface area contributed by atoms with Crippen LogP contribution in [-0.2, 0) is 11.3 Å². The molecule has 1 amide bonds. The molecular weight excluding hydrogens is 436 g/mol. The fraction of sp³-hybridized carbons (Fsp3) is 0.240. The molecule has 0 bridgehead atoms. The fourth-order valence-electron chi connectivity index (χ4n) is 4.68. The number of benzene rings is 2. The minimum absolute atomic E-state index is 0.0538. The van der Waals surface area contributed by atoms with Crippen LogP contribution in [0.25, 0.3) is 4.96 Å². The molecule has 1 saturated heterocycles. The monoisotopic (exact) mass is 458 g/mol. The van der Waals surface area contributed by atoms with Gasteiger partial charge in [0.15, 0.2) is 4.96 Å². The Hall–Kier alpha value is -3.49. The summed E-state index contributed by atoms with van der Waals surface area (Å²) in [5, 5.41) is 1.87. The summed E-state index contributed by atoms with van der Waals surface area (Å²) in [5.41, 5.74) is 2.55. The molecule has 2 aromatic heterocycles. The average molecular weight is 459 g/mol. The first-order chi connectivity index (χ1) is 16.2. The Morgan fingerprint density at radius 2 is 1.67 bits per heavy atom. The molecule has 0 unspecified atom stereocenters. The number of rotatable bonds is 3. The largest absolute Gasteiger partial charge is 0.457 e. The van der Waals surface area contributed by atoms with E-state index in [9.17, 15) is 9.59 Å². The highest BCUT2D eigenvalue weighted by Gasteiger charge is 2.36.